The van der Waals surface area contributed by atoms with E-state index in [2.05, 4.69) is 0 Å². The summed E-state index contributed by atoms with van der Waals surface area (Å²) in [5, 5.41) is 8.99. The SMILES string of the molecule is CCCN(CC(=O)O)C(=O)c1ccc(-c2ccc3c(c2)OCCO3)s1. The molecule has 1 aromatic carbocycles. The van der Waals surface area contributed by atoms with E-state index >= 15 is 0 Å². The standard InChI is InChI=1S/C18H19NO5S/c1-2-7-19(11-17(20)21)18(22)16-6-5-15(25-16)12-3-4-13-14(10-12)24-9-8-23-13/h3-6,10H,2,7-9,11H2,1H3,(H,20,21). The van der Waals surface area contributed by atoms with Crippen molar-refractivity contribution in [3.63, 3.8) is 0 Å². The number of rotatable bonds is 6. The van der Waals surface area contributed by atoms with Crippen molar-refractivity contribution in [1.29, 1.82) is 0 Å². The van der Waals surface area contributed by atoms with Gasteiger partial charge in [0.05, 0.1) is 4.88 Å². The first-order valence-electron chi connectivity index (χ1n) is 8.09. The van der Waals surface area contributed by atoms with Crippen molar-refractivity contribution in [2.24, 2.45) is 0 Å². The molecule has 0 unspecified atom stereocenters. The predicted molar refractivity (Wildman–Crippen MR) is 94.6 cm³/mol. The van der Waals surface area contributed by atoms with Crippen LogP contribution in [-0.4, -0.2) is 48.2 Å². The van der Waals surface area contributed by atoms with Crippen molar-refractivity contribution in [3.05, 3.63) is 35.2 Å². The van der Waals surface area contributed by atoms with Gasteiger partial charge in [-0.05, 0) is 42.3 Å². The first-order valence-corrected chi connectivity index (χ1v) is 8.91. The van der Waals surface area contributed by atoms with E-state index in [0.29, 0.717) is 36.8 Å². The average molecular weight is 361 g/mol. The van der Waals surface area contributed by atoms with E-state index in [-0.39, 0.29) is 12.5 Å². The first kappa shape index (κ1) is 17.3. The minimum atomic E-state index is -1.01. The van der Waals surface area contributed by atoms with Crippen molar-refractivity contribution in [3.8, 4) is 21.9 Å². The number of benzene rings is 1. The number of carboxylic acid groups (broad SMARTS) is 1. The van der Waals surface area contributed by atoms with Crippen molar-refractivity contribution < 1.29 is 24.2 Å². The fraction of sp³-hybridized carbons (Fsp3) is 0.333. The molecule has 3 rings (SSSR count). The van der Waals surface area contributed by atoms with E-state index in [1.54, 1.807) is 6.07 Å². The lowest BCUT2D eigenvalue weighted by atomic mass is 10.1. The summed E-state index contributed by atoms with van der Waals surface area (Å²) in [4.78, 5) is 26.4. The molecule has 1 N–H and O–H groups in total. The number of ether oxygens (including phenoxy) is 2. The van der Waals surface area contributed by atoms with E-state index in [9.17, 15) is 9.59 Å². The molecule has 1 aliphatic rings. The van der Waals surface area contributed by atoms with Gasteiger partial charge in [-0.2, -0.15) is 0 Å². The Balaban J connectivity index is 1.81. The van der Waals surface area contributed by atoms with Gasteiger partial charge < -0.3 is 19.5 Å². The van der Waals surface area contributed by atoms with Crippen LogP contribution in [0.25, 0.3) is 10.4 Å². The van der Waals surface area contributed by atoms with Crippen LogP contribution in [0.1, 0.15) is 23.0 Å². The first-order chi connectivity index (χ1) is 12.1. The van der Waals surface area contributed by atoms with Crippen LogP contribution in [0.2, 0.25) is 0 Å². The molecule has 6 nitrogen and oxygen atoms in total. The van der Waals surface area contributed by atoms with Crippen LogP contribution in [0.5, 0.6) is 11.5 Å². The Kier molecular flexibility index (Phi) is 5.23. The topological polar surface area (TPSA) is 76.1 Å². The van der Waals surface area contributed by atoms with Crippen LogP contribution < -0.4 is 9.47 Å². The third-order valence-corrected chi connectivity index (χ3v) is 4.87. The Labute approximate surface area is 149 Å². The Hall–Kier alpha value is -2.54. The lowest BCUT2D eigenvalue weighted by molar-refractivity contribution is -0.137. The molecule has 2 aromatic rings. The molecular weight excluding hydrogens is 342 g/mol. The largest absolute Gasteiger partial charge is 0.486 e. The number of carbonyl (C=O) groups is 2. The van der Waals surface area contributed by atoms with E-state index in [1.807, 2.05) is 31.2 Å². The van der Waals surface area contributed by atoms with Gasteiger partial charge >= 0.3 is 5.97 Å². The van der Waals surface area contributed by atoms with Crippen molar-refractivity contribution in [1.82, 2.24) is 4.90 Å². The maximum atomic E-state index is 12.6. The lowest BCUT2D eigenvalue weighted by Gasteiger charge is -2.19. The summed E-state index contributed by atoms with van der Waals surface area (Å²) >= 11 is 1.35. The number of amides is 1. The zero-order valence-corrected chi connectivity index (χ0v) is 14.7. The van der Waals surface area contributed by atoms with Gasteiger partial charge in [0.2, 0.25) is 0 Å². The van der Waals surface area contributed by atoms with Gasteiger partial charge in [0.25, 0.3) is 5.91 Å². The third kappa shape index (κ3) is 3.93. The highest BCUT2D eigenvalue weighted by Crippen LogP contribution is 2.37. The summed E-state index contributed by atoms with van der Waals surface area (Å²) < 4.78 is 11.1. The quantitative estimate of drug-likeness (QED) is 0.855. The fourth-order valence-corrected chi connectivity index (χ4v) is 3.62. The maximum Gasteiger partial charge on any atom is 0.323 e. The van der Waals surface area contributed by atoms with Crippen molar-refractivity contribution in [2.45, 2.75) is 13.3 Å². The zero-order valence-electron chi connectivity index (χ0n) is 13.9. The van der Waals surface area contributed by atoms with Gasteiger partial charge in [-0.25, -0.2) is 0 Å². The molecule has 0 radical (unpaired) electrons. The number of nitrogens with zero attached hydrogens (tertiary/aromatic N) is 1. The van der Waals surface area contributed by atoms with E-state index in [1.165, 1.54) is 16.2 Å². The maximum absolute atomic E-state index is 12.6. The summed E-state index contributed by atoms with van der Waals surface area (Å²) in [6.45, 7) is 3.11. The smallest absolute Gasteiger partial charge is 0.323 e. The minimum absolute atomic E-state index is 0.252. The number of hydrogen-bond donors (Lipinski definition) is 1. The van der Waals surface area contributed by atoms with E-state index < -0.39 is 5.97 Å². The molecule has 1 amide bonds. The lowest BCUT2D eigenvalue weighted by Crippen LogP contribution is -2.35. The molecule has 0 aliphatic carbocycles. The molecule has 0 fully saturated rings. The van der Waals surface area contributed by atoms with Gasteiger partial charge in [0.15, 0.2) is 11.5 Å². The highest BCUT2D eigenvalue weighted by molar-refractivity contribution is 7.17. The summed E-state index contributed by atoms with van der Waals surface area (Å²) in [7, 11) is 0. The molecule has 7 heteroatoms. The Bertz CT molecular complexity index is 786. The Morgan fingerprint density at radius 2 is 1.92 bits per heavy atom. The molecular formula is C18H19NO5S. The molecule has 0 saturated heterocycles. The van der Waals surface area contributed by atoms with Gasteiger partial charge in [-0.3, -0.25) is 9.59 Å². The van der Waals surface area contributed by atoms with E-state index in [4.69, 9.17) is 14.6 Å². The number of aliphatic carboxylic acids is 1. The van der Waals surface area contributed by atoms with Crippen LogP contribution in [0.15, 0.2) is 30.3 Å². The van der Waals surface area contributed by atoms with Crippen LogP contribution in [0.4, 0.5) is 0 Å². The van der Waals surface area contributed by atoms with Gasteiger partial charge in [0.1, 0.15) is 19.8 Å². The molecule has 0 atom stereocenters. The third-order valence-electron chi connectivity index (χ3n) is 3.75. The Morgan fingerprint density at radius 1 is 1.16 bits per heavy atom. The van der Waals surface area contributed by atoms with Crippen molar-refractivity contribution >= 4 is 23.2 Å². The van der Waals surface area contributed by atoms with E-state index in [0.717, 1.165) is 16.2 Å². The minimum Gasteiger partial charge on any atom is -0.486 e. The predicted octanol–water partition coefficient (Wildman–Crippen LogP) is 3.12. The Morgan fingerprint density at radius 3 is 2.64 bits per heavy atom. The van der Waals surface area contributed by atoms with Crippen LogP contribution in [-0.2, 0) is 4.79 Å². The van der Waals surface area contributed by atoms with Crippen molar-refractivity contribution in [2.75, 3.05) is 26.3 Å². The number of hydrogen-bond acceptors (Lipinski definition) is 5. The normalized spacial score (nSPS) is 12.7. The van der Waals surface area contributed by atoms with Crippen LogP contribution in [0, 0.1) is 0 Å². The van der Waals surface area contributed by atoms with Gasteiger partial charge in [-0.1, -0.05) is 6.92 Å². The van der Waals surface area contributed by atoms with Gasteiger partial charge in [-0.15, -0.1) is 11.3 Å². The number of carboxylic acids is 1. The highest BCUT2D eigenvalue weighted by Gasteiger charge is 2.20. The molecule has 2 heterocycles. The summed E-state index contributed by atoms with van der Waals surface area (Å²) in [5.41, 5.74) is 0.938. The number of carbonyl (C=O) groups excluding carboxylic acids is 1. The highest BCUT2D eigenvalue weighted by atomic mass is 32.1. The molecule has 1 aromatic heterocycles. The van der Waals surface area contributed by atoms with Gasteiger partial charge in [0, 0.05) is 11.4 Å². The molecule has 0 saturated carbocycles. The molecule has 132 valence electrons. The number of fused-ring (bicyclic) bond motifs is 1. The molecule has 1 aliphatic heterocycles. The summed E-state index contributed by atoms with van der Waals surface area (Å²) in [5.74, 6) is 0.158. The molecule has 0 spiro atoms. The summed E-state index contributed by atoms with van der Waals surface area (Å²) in [6.07, 6.45) is 0.708. The average Bonchev–Trinajstić information content (AvgIpc) is 3.10. The molecule has 25 heavy (non-hydrogen) atoms. The summed E-state index contributed by atoms with van der Waals surface area (Å²) in [6, 6.07) is 9.29. The monoisotopic (exact) mass is 361 g/mol. The number of thiophene rings is 1. The second-order valence-corrected chi connectivity index (χ2v) is 6.73. The second kappa shape index (κ2) is 7.57. The second-order valence-electron chi connectivity index (χ2n) is 5.64. The molecule has 0 bridgehead atoms. The van der Waals surface area contributed by atoms with Crippen LogP contribution >= 0.6 is 11.3 Å². The van der Waals surface area contributed by atoms with Crippen LogP contribution in [0.3, 0.4) is 0 Å². The zero-order chi connectivity index (χ0) is 17.8. The fourth-order valence-electron chi connectivity index (χ4n) is 2.65.